The summed E-state index contributed by atoms with van der Waals surface area (Å²) in [5.74, 6) is -0.327. The molecule has 4 nitrogen and oxygen atoms in total. The number of thioether (sulfide) groups is 1. The average molecular weight is 287 g/mol. The minimum Gasteiger partial charge on any atom is -0.478 e. The van der Waals surface area contributed by atoms with Crippen molar-refractivity contribution in [2.45, 2.75) is 45.5 Å². The maximum Gasteiger partial charge on any atom is 0.334 e. The lowest BCUT2D eigenvalue weighted by molar-refractivity contribution is -0.133. The number of aliphatic carboxylic acids is 1. The fourth-order valence-electron chi connectivity index (χ4n) is 2.71. The van der Waals surface area contributed by atoms with E-state index in [-0.39, 0.29) is 18.1 Å². The fourth-order valence-corrected chi connectivity index (χ4v) is 3.92. The van der Waals surface area contributed by atoms with Gasteiger partial charge in [-0.15, -0.1) is 11.8 Å². The summed E-state index contributed by atoms with van der Waals surface area (Å²) < 4.78 is 0. The Kier molecular flexibility index (Phi) is 5.09. The third-order valence-electron chi connectivity index (χ3n) is 3.64. The zero-order valence-electron chi connectivity index (χ0n) is 12.4. The molecular weight excluding hydrogens is 262 g/mol. The third-order valence-corrected chi connectivity index (χ3v) is 5.04. The monoisotopic (exact) mass is 287 g/mol. The highest BCUT2D eigenvalue weighted by Crippen LogP contribution is 2.46. The van der Waals surface area contributed by atoms with Gasteiger partial charge < -0.3 is 10.2 Å². The average Bonchev–Trinajstić information content (AvgIpc) is 2.59. The van der Waals surface area contributed by atoms with E-state index in [1.165, 1.54) is 11.8 Å². The Morgan fingerprint density at radius 2 is 2.11 bits per heavy atom. The van der Waals surface area contributed by atoms with Crippen molar-refractivity contribution in [1.82, 2.24) is 4.90 Å². The van der Waals surface area contributed by atoms with E-state index in [4.69, 9.17) is 5.11 Å². The second-order valence-corrected chi connectivity index (χ2v) is 7.53. The first-order valence-electron chi connectivity index (χ1n) is 6.65. The minimum atomic E-state index is -0.863. The molecule has 1 heterocycles. The van der Waals surface area contributed by atoms with Crippen LogP contribution in [0, 0.1) is 5.41 Å². The van der Waals surface area contributed by atoms with Crippen molar-refractivity contribution in [3.63, 3.8) is 0 Å². The zero-order chi connectivity index (χ0) is 14.8. The van der Waals surface area contributed by atoms with E-state index in [1.54, 1.807) is 0 Å². The molecule has 110 valence electrons. The molecule has 0 aromatic rings. The molecule has 0 spiro atoms. The van der Waals surface area contributed by atoms with Gasteiger partial charge in [0.15, 0.2) is 0 Å². The number of aliphatic hydroxyl groups is 1. The highest BCUT2D eigenvalue weighted by atomic mass is 32.2. The molecule has 0 bridgehead atoms. The van der Waals surface area contributed by atoms with Crippen LogP contribution < -0.4 is 0 Å². The maximum absolute atomic E-state index is 11.5. The van der Waals surface area contributed by atoms with Crippen LogP contribution in [0.2, 0.25) is 0 Å². The van der Waals surface area contributed by atoms with Crippen molar-refractivity contribution in [3.8, 4) is 0 Å². The van der Waals surface area contributed by atoms with E-state index < -0.39 is 10.8 Å². The van der Waals surface area contributed by atoms with Crippen LogP contribution in [0.4, 0.5) is 0 Å². The highest BCUT2D eigenvalue weighted by Gasteiger charge is 2.49. The van der Waals surface area contributed by atoms with Gasteiger partial charge in [0, 0.05) is 11.8 Å². The molecule has 0 fully saturated rings. The predicted octanol–water partition coefficient (Wildman–Crippen LogP) is 2.19. The van der Waals surface area contributed by atoms with Crippen LogP contribution in [0.1, 0.15) is 34.6 Å². The first-order chi connectivity index (χ1) is 8.68. The lowest BCUT2D eigenvalue weighted by Crippen LogP contribution is -2.50. The Balaban J connectivity index is 3.19. The predicted molar refractivity (Wildman–Crippen MR) is 79.3 cm³/mol. The van der Waals surface area contributed by atoms with Gasteiger partial charge >= 0.3 is 5.97 Å². The summed E-state index contributed by atoms with van der Waals surface area (Å²) in [6, 6.07) is 0.0970. The van der Waals surface area contributed by atoms with Crippen molar-refractivity contribution in [3.05, 3.63) is 11.6 Å². The number of carboxylic acid groups (broad SMARTS) is 1. The van der Waals surface area contributed by atoms with Gasteiger partial charge in [0.25, 0.3) is 0 Å². The van der Waals surface area contributed by atoms with Crippen LogP contribution >= 0.6 is 11.8 Å². The Morgan fingerprint density at radius 3 is 2.47 bits per heavy atom. The highest BCUT2D eigenvalue weighted by molar-refractivity contribution is 8.00. The number of nitrogens with zero attached hydrogens (tertiary/aromatic N) is 1. The molecule has 0 aromatic heterocycles. The van der Waals surface area contributed by atoms with Gasteiger partial charge in [-0.2, -0.15) is 0 Å². The topological polar surface area (TPSA) is 60.8 Å². The van der Waals surface area contributed by atoms with E-state index in [0.29, 0.717) is 11.3 Å². The third kappa shape index (κ3) is 3.15. The first kappa shape index (κ1) is 16.5. The van der Waals surface area contributed by atoms with Crippen molar-refractivity contribution in [2.24, 2.45) is 5.41 Å². The molecule has 0 saturated carbocycles. The molecule has 0 unspecified atom stereocenters. The van der Waals surface area contributed by atoms with Gasteiger partial charge in [0.05, 0.1) is 17.1 Å². The van der Waals surface area contributed by atoms with Crippen LogP contribution in [0.5, 0.6) is 0 Å². The fraction of sp³-hybridized carbons (Fsp3) is 0.786. The van der Waals surface area contributed by atoms with Crippen LogP contribution in [0.25, 0.3) is 0 Å². The summed E-state index contributed by atoms with van der Waals surface area (Å²) in [6.07, 6.45) is 1.89. The Labute approximate surface area is 119 Å². The summed E-state index contributed by atoms with van der Waals surface area (Å²) in [5.41, 5.74) is 0.418. The van der Waals surface area contributed by atoms with E-state index >= 15 is 0 Å². The molecule has 2 N–H and O–H groups in total. The molecule has 0 amide bonds. The lowest BCUT2D eigenvalue weighted by Gasteiger charge is -2.43. The molecule has 5 heteroatoms. The number of hydrogen-bond acceptors (Lipinski definition) is 4. The van der Waals surface area contributed by atoms with E-state index in [2.05, 4.69) is 32.6 Å². The van der Waals surface area contributed by atoms with Crippen LogP contribution in [-0.2, 0) is 4.79 Å². The number of carbonyl (C=O) groups is 1. The van der Waals surface area contributed by atoms with Gasteiger partial charge in [0.1, 0.15) is 0 Å². The van der Waals surface area contributed by atoms with Gasteiger partial charge in [-0.1, -0.05) is 33.8 Å². The standard InChI is InChI=1S/C14H25NO3S/c1-6-15-11(13(2,3)4)9-10(12(17)18)14(15,5)19-8-7-16/h9,11,16H,6-8H2,1-5H3,(H,17,18)/t11-,14+/m0/s1. The molecule has 1 aliphatic rings. The van der Waals surface area contributed by atoms with Crippen molar-refractivity contribution >= 4 is 17.7 Å². The van der Waals surface area contributed by atoms with Crippen molar-refractivity contribution < 1.29 is 15.0 Å². The van der Waals surface area contributed by atoms with Crippen LogP contribution in [-0.4, -0.2) is 50.9 Å². The number of carboxylic acids is 1. The van der Waals surface area contributed by atoms with Gasteiger partial charge in [-0.05, 0) is 18.9 Å². The molecule has 0 saturated heterocycles. The summed E-state index contributed by atoms with van der Waals surface area (Å²) in [4.78, 5) is 13.2. The molecule has 19 heavy (non-hydrogen) atoms. The molecule has 0 radical (unpaired) electrons. The molecular formula is C14H25NO3S. The quantitative estimate of drug-likeness (QED) is 0.811. The zero-order valence-corrected chi connectivity index (χ0v) is 13.3. The molecule has 1 aliphatic heterocycles. The van der Waals surface area contributed by atoms with Gasteiger partial charge in [0.2, 0.25) is 0 Å². The summed E-state index contributed by atoms with van der Waals surface area (Å²) in [7, 11) is 0. The Hall–Kier alpha value is -0.520. The van der Waals surface area contributed by atoms with Crippen LogP contribution in [0.3, 0.4) is 0 Å². The number of rotatable bonds is 5. The molecule has 1 rings (SSSR count). The largest absolute Gasteiger partial charge is 0.478 e. The second kappa shape index (κ2) is 5.85. The Bertz CT molecular complexity index is 375. The van der Waals surface area contributed by atoms with Crippen molar-refractivity contribution in [2.75, 3.05) is 18.9 Å². The van der Waals surface area contributed by atoms with Gasteiger partial charge in [-0.3, -0.25) is 4.90 Å². The maximum atomic E-state index is 11.5. The first-order valence-corrected chi connectivity index (χ1v) is 7.64. The molecule has 0 aromatic carbocycles. The van der Waals surface area contributed by atoms with E-state index in [9.17, 15) is 9.90 Å². The van der Waals surface area contributed by atoms with E-state index in [0.717, 1.165) is 6.54 Å². The molecule has 0 aliphatic carbocycles. The normalized spacial score (nSPS) is 28.5. The van der Waals surface area contributed by atoms with Gasteiger partial charge in [-0.25, -0.2) is 4.79 Å². The summed E-state index contributed by atoms with van der Waals surface area (Å²) >= 11 is 1.50. The van der Waals surface area contributed by atoms with E-state index in [1.807, 2.05) is 13.0 Å². The second-order valence-electron chi connectivity index (χ2n) is 6.04. The number of hydrogen-bond donors (Lipinski definition) is 2. The molecule has 2 atom stereocenters. The minimum absolute atomic E-state index is 0.0196. The lowest BCUT2D eigenvalue weighted by atomic mass is 9.86. The van der Waals surface area contributed by atoms with Crippen molar-refractivity contribution in [1.29, 1.82) is 0 Å². The summed E-state index contributed by atoms with van der Waals surface area (Å²) in [5, 5.41) is 18.5. The SMILES string of the molecule is CCN1[C@H](C(C)(C)C)C=C(C(=O)O)[C@@]1(C)SCCO. The smallest absolute Gasteiger partial charge is 0.334 e. The Morgan fingerprint density at radius 1 is 1.53 bits per heavy atom. The summed E-state index contributed by atoms with van der Waals surface area (Å²) in [6.45, 7) is 11.2. The number of likely N-dealkylation sites (N-methyl/N-ethyl adjacent to an activating group) is 1. The number of aliphatic hydroxyl groups excluding tert-OH is 1. The van der Waals surface area contributed by atoms with Crippen LogP contribution in [0.15, 0.2) is 11.6 Å².